The van der Waals surface area contributed by atoms with E-state index in [9.17, 15) is 8.42 Å². The fourth-order valence-corrected chi connectivity index (χ4v) is 4.08. The molecule has 1 saturated heterocycles. The molecule has 1 aliphatic rings. The van der Waals surface area contributed by atoms with Gasteiger partial charge in [0, 0.05) is 43.5 Å². The predicted molar refractivity (Wildman–Crippen MR) is 72.3 cm³/mol. The zero-order valence-corrected chi connectivity index (χ0v) is 11.4. The van der Waals surface area contributed by atoms with Crippen molar-refractivity contribution >= 4 is 21.1 Å². The van der Waals surface area contributed by atoms with E-state index in [0.717, 1.165) is 0 Å². The molecule has 2 N–H and O–H groups in total. The molecule has 0 saturated carbocycles. The van der Waals surface area contributed by atoms with E-state index in [2.05, 4.69) is 15.3 Å². The Bertz CT molecular complexity index is 695. The van der Waals surface area contributed by atoms with Gasteiger partial charge in [0.15, 0.2) is 0 Å². The van der Waals surface area contributed by atoms with Crippen LogP contribution in [0.1, 0.15) is 6.92 Å². The third-order valence-corrected chi connectivity index (χ3v) is 5.27. The summed E-state index contributed by atoms with van der Waals surface area (Å²) in [5, 5.41) is 3.89. The number of nitrogens with zero attached hydrogens (tertiary/aromatic N) is 2. The minimum Gasteiger partial charge on any atom is -0.345 e. The topological polar surface area (TPSA) is 78.1 Å². The highest BCUT2D eigenvalue weighted by molar-refractivity contribution is 7.89. The van der Waals surface area contributed by atoms with Gasteiger partial charge in [-0.25, -0.2) is 13.4 Å². The predicted octanol–water partition coefficient (Wildman–Crippen LogP) is 0.545. The van der Waals surface area contributed by atoms with E-state index in [1.165, 1.54) is 10.5 Å². The number of rotatable bonds is 2. The maximum atomic E-state index is 12.7. The SMILES string of the molecule is C[C@@H]1CN(S(=O)(=O)c2c[nH]c3ncccc23)CCN1. The summed E-state index contributed by atoms with van der Waals surface area (Å²) in [5.74, 6) is 0. The quantitative estimate of drug-likeness (QED) is 0.842. The van der Waals surface area contributed by atoms with E-state index >= 15 is 0 Å². The Labute approximate surface area is 111 Å². The molecular formula is C12H16N4O2S. The molecule has 3 heterocycles. The zero-order valence-electron chi connectivity index (χ0n) is 10.6. The number of aromatic amines is 1. The first-order chi connectivity index (χ1) is 9.09. The van der Waals surface area contributed by atoms with Crippen molar-refractivity contribution in [3.05, 3.63) is 24.5 Å². The molecule has 0 spiro atoms. The molecular weight excluding hydrogens is 264 g/mol. The molecule has 19 heavy (non-hydrogen) atoms. The molecule has 0 unspecified atom stereocenters. The first kappa shape index (κ1) is 12.6. The fraction of sp³-hybridized carbons (Fsp3) is 0.417. The number of nitrogens with one attached hydrogen (secondary N) is 2. The number of pyridine rings is 1. The molecule has 2 aromatic rings. The third kappa shape index (κ3) is 2.13. The molecule has 1 aliphatic heterocycles. The van der Waals surface area contributed by atoms with E-state index in [4.69, 9.17) is 0 Å². The van der Waals surface area contributed by atoms with Gasteiger partial charge >= 0.3 is 0 Å². The van der Waals surface area contributed by atoms with E-state index < -0.39 is 10.0 Å². The Hall–Kier alpha value is -1.44. The molecule has 0 bridgehead atoms. The Morgan fingerprint density at radius 1 is 1.47 bits per heavy atom. The monoisotopic (exact) mass is 280 g/mol. The van der Waals surface area contributed by atoms with Crippen molar-refractivity contribution in [2.45, 2.75) is 17.9 Å². The van der Waals surface area contributed by atoms with Crippen LogP contribution in [0.5, 0.6) is 0 Å². The van der Waals surface area contributed by atoms with Crippen LogP contribution in [0.15, 0.2) is 29.4 Å². The average molecular weight is 280 g/mol. The lowest BCUT2D eigenvalue weighted by atomic mass is 10.3. The summed E-state index contributed by atoms with van der Waals surface area (Å²) in [6, 6.07) is 3.69. The summed E-state index contributed by atoms with van der Waals surface area (Å²) in [4.78, 5) is 7.35. The van der Waals surface area contributed by atoms with Crippen molar-refractivity contribution in [3.8, 4) is 0 Å². The third-order valence-electron chi connectivity index (χ3n) is 3.36. The number of H-pyrrole nitrogens is 1. The van der Waals surface area contributed by atoms with Crippen molar-refractivity contribution < 1.29 is 8.42 Å². The number of piperazine rings is 1. The van der Waals surface area contributed by atoms with E-state index in [1.807, 2.05) is 6.92 Å². The van der Waals surface area contributed by atoms with Gasteiger partial charge in [-0.1, -0.05) is 0 Å². The first-order valence-corrected chi connectivity index (χ1v) is 7.68. The van der Waals surface area contributed by atoms with E-state index in [-0.39, 0.29) is 6.04 Å². The molecule has 1 atom stereocenters. The molecule has 0 aliphatic carbocycles. The molecule has 3 rings (SSSR count). The van der Waals surface area contributed by atoms with Crippen LogP contribution >= 0.6 is 0 Å². The summed E-state index contributed by atoms with van der Waals surface area (Å²) >= 11 is 0. The number of aromatic nitrogens is 2. The van der Waals surface area contributed by atoms with Gasteiger partial charge in [-0.05, 0) is 19.1 Å². The molecule has 0 aromatic carbocycles. The lowest BCUT2D eigenvalue weighted by Crippen LogP contribution is -2.51. The average Bonchev–Trinajstić information content (AvgIpc) is 2.83. The Kier molecular flexibility index (Phi) is 3.04. The second-order valence-corrected chi connectivity index (χ2v) is 6.68. The van der Waals surface area contributed by atoms with Crippen molar-refractivity contribution in [1.29, 1.82) is 0 Å². The van der Waals surface area contributed by atoms with E-state index in [1.54, 1.807) is 18.3 Å². The van der Waals surface area contributed by atoms with Crippen LogP contribution in [0.2, 0.25) is 0 Å². The summed E-state index contributed by atoms with van der Waals surface area (Å²) < 4.78 is 26.8. The second kappa shape index (κ2) is 4.59. The summed E-state index contributed by atoms with van der Waals surface area (Å²) in [6.45, 7) is 3.66. The lowest BCUT2D eigenvalue weighted by Gasteiger charge is -2.30. The molecule has 6 nitrogen and oxygen atoms in total. The minimum atomic E-state index is -3.46. The van der Waals surface area contributed by atoms with Crippen LogP contribution in [0, 0.1) is 0 Å². The Balaban J connectivity index is 2.04. The highest BCUT2D eigenvalue weighted by atomic mass is 32.2. The van der Waals surface area contributed by atoms with Crippen molar-refractivity contribution in [2.24, 2.45) is 0 Å². The standard InChI is InChI=1S/C12H16N4O2S/c1-9-8-16(6-5-13-9)19(17,18)11-7-15-12-10(11)3-2-4-14-12/h2-4,7,9,13H,5-6,8H2,1H3,(H,14,15)/t9-/m1/s1. The number of sulfonamides is 1. The van der Waals surface area contributed by atoms with Crippen LogP contribution in [-0.4, -0.2) is 48.4 Å². The first-order valence-electron chi connectivity index (χ1n) is 6.24. The molecule has 1 fully saturated rings. The van der Waals surface area contributed by atoms with Crippen LogP contribution < -0.4 is 5.32 Å². The molecule has 2 aromatic heterocycles. The molecule has 0 radical (unpaired) electrons. The van der Waals surface area contributed by atoms with E-state index in [0.29, 0.717) is 35.6 Å². The molecule has 7 heteroatoms. The Morgan fingerprint density at radius 3 is 3.11 bits per heavy atom. The van der Waals surface area contributed by atoms with Gasteiger partial charge in [-0.3, -0.25) is 0 Å². The van der Waals surface area contributed by atoms with Gasteiger partial charge in [0.2, 0.25) is 10.0 Å². The lowest BCUT2D eigenvalue weighted by molar-refractivity contribution is 0.310. The minimum absolute atomic E-state index is 0.173. The highest BCUT2D eigenvalue weighted by Gasteiger charge is 2.30. The summed E-state index contributed by atoms with van der Waals surface area (Å²) in [5.41, 5.74) is 0.601. The number of fused-ring (bicyclic) bond motifs is 1. The van der Waals surface area contributed by atoms with Gasteiger partial charge in [0.25, 0.3) is 0 Å². The summed E-state index contributed by atoms with van der Waals surface area (Å²) in [7, 11) is -3.46. The van der Waals surface area contributed by atoms with Crippen LogP contribution in [0.4, 0.5) is 0 Å². The smallest absolute Gasteiger partial charge is 0.245 e. The van der Waals surface area contributed by atoms with Gasteiger partial charge in [-0.2, -0.15) is 4.31 Å². The fourth-order valence-electron chi connectivity index (χ4n) is 2.40. The normalized spacial score (nSPS) is 21.8. The number of hydrogen-bond acceptors (Lipinski definition) is 4. The largest absolute Gasteiger partial charge is 0.345 e. The number of hydrogen-bond donors (Lipinski definition) is 2. The zero-order chi connectivity index (χ0) is 13.5. The molecule has 0 amide bonds. The maximum absolute atomic E-state index is 12.7. The van der Waals surface area contributed by atoms with Gasteiger partial charge in [-0.15, -0.1) is 0 Å². The van der Waals surface area contributed by atoms with Crippen LogP contribution in [0.3, 0.4) is 0 Å². The van der Waals surface area contributed by atoms with Crippen molar-refractivity contribution in [2.75, 3.05) is 19.6 Å². The van der Waals surface area contributed by atoms with Gasteiger partial charge < -0.3 is 10.3 Å². The van der Waals surface area contributed by atoms with Gasteiger partial charge in [0.1, 0.15) is 10.5 Å². The molecule has 102 valence electrons. The highest BCUT2D eigenvalue weighted by Crippen LogP contribution is 2.24. The van der Waals surface area contributed by atoms with Crippen LogP contribution in [-0.2, 0) is 10.0 Å². The van der Waals surface area contributed by atoms with Crippen molar-refractivity contribution in [1.82, 2.24) is 19.6 Å². The van der Waals surface area contributed by atoms with Crippen molar-refractivity contribution in [3.63, 3.8) is 0 Å². The Morgan fingerprint density at radius 2 is 2.32 bits per heavy atom. The second-order valence-electron chi connectivity index (χ2n) is 4.77. The van der Waals surface area contributed by atoms with Gasteiger partial charge in [0.05, 0.1) is 0 Å². The summed E-state index contributed by atoms with van der Waals surface area (Å²) in [6.07, 6.45) is 3.17. The maximum Gasteiger partial charge on any atom is 0.245 e. The van der Waals surface area contributed by atoms with Crippen LogP contribution in [0.25, 0.3) is 11.0 Å².